The first-order chi connectivity index (χ1) is 11.5. The first-order valence-electron chi connectivity index (χ1n) is 7.56. The lowest BCUT2D eigenvalue weighted by atomic mass is 10.0. The maximum Gasteiger partial charge on any atom is 0.254 e. The Bertz CT molecular complexity index is 747. The van der Waals surface area contributed by atoms with Gasteiger partial charge in [-0.3, -0.25) is 9.89 Å². The number of hydrogen-bond acceptors (Lipinski definition) is 6. The molecule has 0 saturated carbocycles. The molecule has 0 unspecified atom stereocenters. The van der Waals surface area contributed by atoms with Crippen molar-refractivity contribution in [2.75, 3.05) is 32.6 Å². The van der Waals surface area contributed by atoms with Crippen LogP contribution in [-0.4, -0.2) is 64.3 Å². The normalized spacial score (nSPS) is 20.2. The van der Waals surface area contributed by atoms with Gasteiger partial charge < -0.3 is 15.0 Å². The molecule has 1 aliphatic rings. The number of carbonyl (C=O) groups is 1. The fourth-order valence-corrected chi connectivity index (χ4v) is 2.79. The number of halogens is 1. The molecule has 3 heterocycles. The van der Waals surface area contributed by atoms with Gasteiger partial charge in [0.2, 0.25) is 0 Å². The van der Waals surface area contributed by atoms with Crippen molar-refractivity contribution in [3.8, 4) is 0 Å². The molecule has 2 aromatic rings. The minimum absolute atomic E-state index is 0.0101. The number of ether oxygens (including phenoxy) is 1. The van der Waals surface area contributed by atoms with E-state index in [-0.39, 0.29) is 17.9 Å². The molecule has 0 aliphatic carbocycles. The molecule has 9 heteroatoms. The van der Waals surface area contributed by atoms with Gasteiger partial charge in [0.15, 0.2) is 5.82 Å². The summed E-state index contributed by atoms with van der Waals surface area (Å²) in [6, 6.07) is 1.57. The Kier molecular flexibility index (Phi) is 4.68. The van der Waals surface area contributed by atoms with E-state index in [2.05, 4.69) is 25.5 Å². The summed E-state index contributed by atoms with van der Waals surface area (Å²) in [5.41, 5.74) is 0.444. The molecule has 0 bridgehead atoms. The highest BCUT2D eigenvalue weighted by Gasteiger charge is 2.33. The van der Waals surface area contributed by atoms with E-state index >= 15 is 0 Å². The Morgan fingerprint density at radius 3 is 2.88 bits per heavy atom. The van der Waals surface area contributed by atoms with E-state index in [0.29, 0.717) is 35.4 Å². The molecule has 2 aromatic heterocycles. The third-order valence-corrected chi connectivity index (χ3v) is 4.13. The fourth-order valence-electron chi connectivity index (χ4n) is 2.57. The minimum Gasteiger partial charge on any atom is -0.378 e. The van der Waals surface area contributed by atoms with Crippen LogP contribution in [-0.2, 0) is 4.74 Å². The van der Waals surface area contributed by atoms with Crippen LogP contribution in [0.4, 0.5) is 5.82 Å². The van der Waals surface area contributed by atoms with Crippen molar-refractivity contribution in [1.29, 1.82) is 0 Å². The molecule has 3 rings (SSSR count). The van der Waals surface area contributed by atoms with Crippen LogP contribution in [0.25, 0.3) is 0 Å². The predicted molar refractivity (Wildman–Crippen MR) is 89.4 cm³/mol. The Morgan fingerprint density at radius 2 is 2.25 bits per heavy atom. The van der Waals surface area contributed by atoms with Crippen molar-refractivity contribution >= 4 is 23.3 Å². The van der Waals surface area contributed by atoms with Gasteiger partial charge >= 0.3 is 0 Å². The zero-order valence-electron chi connectivity index (χ0n) is 13.7. The molecule has 0 radical (unpaired) electrons. The Balaban J connectivity index is 1.76. The quantitative estimate of drug-likeness (QED) is 0.866. The topological polar surface area (TPSA) is 96.0 Å². The van der Waals surface area contributed by atoms with Gasteiger partial charge in [-0.25, -0.2) is 9.97 Å². The summed E-state index contributed by atoms with van der Waals surface area (Å²) in [4.78, 5) is 22.1. The minimum atomic E-state index is -0.144. The second-order valence-electron chi connectivity index (χ2n) is 5.93. The number of aromatic nitrogens is 4. The highest BCUT2D eigenvalue weighted by Crippen LogP contribution is 2.28. The molecule has 1 saturated heterocycles. The number of H-pyrrole nitrogens is 1. The third kappa shape index (κ3) is 3.34. The number of nitrogens with zero attached hydrogens (tertiary/aromatic N) is 4. The molecule has 1 aliphatic heterocycles. The number of hydrogen-bond donors (Lipinski definition) is 2. The van der Waals surface area contributed by atoms with E-state index in [1.807, 2.05) is 6.92 Å². The number of aromatic amines is 1. The number of nitrogens with one attached hydrogen (secondary N) is 2. The van der Waals surface area contributed by atoms with Gasteiger partial charge in [-0.2, -0.15) is 5.10 Å². The number of amides is 1. The standard InChI is InChI=1S/C15H19ClN6O2/c1-8-18-13(21-20-8)10-6-24-7-12(10)19-14-11(16)4-9(5-17-14)15(23)22(2)3/h4-5,10,12H,6-7H2,1-3H3,(H,17,19)(H,18,20,21)/t10-,12+/m0/s1. The van der Waals surface area contributed by atoms with Gasteiger partial charge in [0.05, 0.1) is 35.8 Å². The first-order valence-corrected chi connectivity index (χ1v) is 7.94. The van der Waals surface area contributed by atoms with Crippen LogP contribution < -0.4 is 5.32 Å². The van der Waals surface area contributed by atoms with Crippen LogP contribution in [0, 0.1) is 6.92 Å². The van der Waals surface area contributed by atoms with Gasteiger partial charge in [0.25, 0.3) is 5.91 Å². The molecular formula is C15H19ClN6O2. The van der Waals surface area contributed by atoms with E-state index in [4.69, 9.17) is 16.3 Å². The summed E-state index contributed by atoms with van der Waals surface area (Å²) in [5.74, 6) is 1.85. The summed E-state index contributed by atoms with van der Waals surface area (Å²) < 4.78 is 5.55. The van der Waals surface area contributed by atoms with Crippen LogP contribution in [0.5, 0.6) is 0 Å². The molecule has 0 aromatic carbocycles. The molecule has 8 nitrogen and oxygen atoms in total. The molecular weight excluding hydrogens is 332 g/mol. The molecule has 128 valence electrons. The van der Waals surface area contributed by atoms with E-state index in [0.717, 1.165) is 5.82 Å². The number of aryl methyl sites for hydroxylation is 1. The van der Waals surface area contributed by atoms with Crippen LogP contribution >= 0.6 is 11.6 Å². The maximum absolute atomic E-state index is 12.0. The predicted octanol–water partition coefficient (Wildman–Crippen LogP) is 1.46. The zero-order valence-corrected chi connectivity index (χ0v) is 14.5. The zero-order chi connectivity index (χ0) is 17.3. The van der Waals surface area contributed by atoms with Crippen LogP contribution in [0.15, 0.2) is 12.3 Å². The Morgan fingerprint density at radius 1 is 1.46 bits per heavy atom. The van der Waals surface area contributed by atoms with Gasteiger partial charge in [-0.1, -0.05) is 11.6 Å². The van der Waals surface area contributed by atoms with Gasteiger partial charge in [-0.15, -0.1) is 0 Å². The maximum atomic E-state index is 12.0. The number of rotatable bonds is 4. The second-order valence-corrected chi connectivity index (χ2v) is 6.34. The molecule has 1 fully saturated rings. The van der Waals surface area contributed by atoms with Crippen molar-refractivity contribution < 1.29 is 9.53 Å². The average Bonchev–Trinajstić information content (AvgIpc) is 3.17. The number of carbonyl (C=O) groups excluding carboxylic acids is 1. The second kappa shape index (κ2) is 6.74. The van der Waals surface area contributed by atoms with Crippen molar-refractivity contribution in [1.82, 2.24) is 25.1 Å². The Hall–Kier alpha value is -2.19. The summed E-state index contributed by atoms with van der Waals surface area (Å²) >= 11 is 6.28. The molecule has 24 heavy (non-hydrogen) atoms. The lowest BCUT2D eigenvalue weighted by Gasteiger charge is -2.18. The lowest BCUT2D eigenvalue weighted by molar-refractivity contribution is 0.0827. The number of anilines is 1. The van der Waals surface area contributed by atoms with Crippen LogP contribution in [0.1, 0.15) is 27.9 Å². The van der Waals surface area contributed by atoms with Crippen molar-refractivity contribution in [3.63, 3.8) is 0 Å². The van der Waals surface area contributed by atoms with Crippen LogP contribution in [0.2, 0.25) is 5.02 Å². The monoisotopic (exact) mass is 350 g/mol. The van der Waals surface area contributed by atoms with Crippen molar-refractivity contribution in [3.05, 3.63) is 34.5 Å². The summed E-state index contributed by atoms with van der Waals surface area (Å²) in [7, 11) is 3.36. The summed E-state index contributed by atoms with van der Waals surface area (Å²) in [6.45, 7) is 2.89. The molecule has 2 atom stereocenters. The summed E-state index contributed by atoms with van der Waals surface area (Å²) in [5, 5.41) is 10.7. The Labute approximate surface area is 144 Å². The highest BCUT2D eigenvalue weighted by atomic mass is 35.5. The smallest absolute Gasteiger partial charge is 0.254 e. The summed E-state index contributed by atoms with van der Waals surface area (Å²) in [6.07, 6.45) is 1.51. The lowest BCUT2D eigenvalue weighted by Crippen LogP contribution is -2.28. The van der Waals surface area contributed by atoms with Crippen molar-refractivity contribution in [2.45, 2.75) is 18.9 Å². The fraction of sp³-hybridized carbons (Fsp3) is 0.467. The van der Waals surface area contributed by atoms with E-state index in [1.165, 1.54) is 11.1 Å². The van der Waals surface area contributed by atoms with Crippen molar-refractivity contribution in [2.24, 2.45) is 0 Å². The third-order valence-electron chi connectivity index (χ3n) is 3.84. The van der Waals surface area contributed by atoms with Gasteiger partial charge in [0.1, 0.15) is 11.6 Å². The van der Waals surface area contributed by atoms with E-state index in [1.54, 1.807) is 20.2 Å². The van der Waals surface area contributed by atoms with Gasteiger partial charge in [-0.05, 0) is 13.0 Å². The molecule has 2 N–H and O–H groups in total. The SMILES string of the molecule is Cc1nc([C@H]2COC[C@H]2Nc2ncc(C(=O)N(C)C)cc2Cl)n[nH]1. The van der Waals surface area contributed by atoms with Gasteiger partial charge in [0, 0.05) is 20.3 Å². The highest BCUT2D eigenvalue weighted by molar-refractivity contribution is 6.33. The molecule has 0 spiro atoms. The first kappa shape index (κ1) is 16.7. The van der Waals surface area contributed by atoms with Crippen LogP contribution in [0.3, 0.4) is 0 Å². The van der Waals surface area contributed by atoms with E-state index < -0.39 is 0 Å². The molecule has 1 amide bonds. The van der Waals surface area contributed by atoms with E-state index in [9.17, 15) is 4.79 Å². The largest absolute Gasteiger partial charge is 0.378 e. The average molecular weight is 351 g/mol. The number of pyridine rings is 1.